The molecule has 4 atom stereocenters. The normalized spacial score (nSPS) is 35.4. The lowest BCUT2D eigenvalue weighted by molar-refractivity contribution is -0.175. The Labute approximate surface area is 414 Å². The molecular formula is C67H65BN2. The standard InChI is InChI=1S/C67H65BN2/c1-36-18-53-54(63(4,5)17-16-62(53,2)3)29-57(36)70-58-21-38-11-7-6-10-37(38)20-55(58)68-59-50(19-39-12-8-9-13-48(39)61(59)70)52-28-41(65-32-46-24-43-25-47(33-65)67(43,46)35-65)27-51-49-26-40(14-15-56(49)69-60(51)52)64-30-44-22-42-23-45(31-64)66(42,44)34-64/h6-15,18-21,26-29,42-47,68-69H,16-17,22-25,30-35H2,1-5H3. The molecule has 10 aliphatic rings. The molecule has 0 amide bonds. The van der Waals surface area contributed by atoms with E-state index in [0.717, 1.165) is 42.8 Å². The van der Waals surface area contributed by atoms with Gasteiger partial charge in [-0.15, -0.1) is 0 Å². The highest BCUT2D eigenvalue weighted by Crippen LogP contribution is 2.86. The first kappa shape index (κ1) is 39.4. The number of aromatic amines is 1. The summed E-state index contributed by atoms with van der Waals surface area (Å²) in [5.41, 5.74) is 22.5. The molecule has 8 fully saturated rings. The molecule has 2 nitrogen and oxygen atoms in total. The summed E-state index contributed by atoms with van der Waals surface area (Å²) in [7, 11) is 0.901. The lowest BCUT2D eigenvalue weighted by atomic mass is 9.38. The Morgan fingerprint density at radius 3 is 1.79 bits per heavy atom. The van der Waals surface area contributed by atoms with Crippen LogP contribution in [0.2, 0.25) is 0 Å². The van der Waals surface area contributed by atoms with Gasteiger partial charge in [0.2, 0.25) is 0 Å². The summed E-state index contributed by atoms with van der Waals surface area (Å²) in [5, 5.41) is 8.29. The summed E-state index contributed by atoms with van der Waals surface area (Å²) in [6.45, 7) is 12.3. The van der Waals surface area contributed by atoms with E-state index in [0.29, 0.717) is 21.7 Å². The monoisotopic (exact) mass is 909 g/mol. The summed E-state index contributed by atoms with van der Waals surface area (Å²) in [6.07, 6.45) is 17.0. The number of rotatable bonds is 4. The van der Waals surface area contributed by atoms with Crippen LogP contribution in [-0.2, 0) is 21.7 Å². The minimum atomic E-state index is 0.0958. The van der Waals surface area contributed by atoms with Crippen LogP contribution in [0.3, 0.4) is 0 Å². The zero-order valence-corrected chi connectivity index (χ0v) is 42.0. The van der Waals surface area contributed by atoms with Crippen molar-refractivity contribution in [1.82, 2.24) is 4.98 Å². The number of hydrogen-bond donors (Lipinski definition) is 1. The maximum Gasteiger partial charge on any atom is 0.198 e. The van der Waals surface area contributed by atoms with Gasteiger partial charge >= 0.3 is 0 Å². The fraction of sp³-hybridized carbons (Fsp3) is 0.433. The molecule has 0 radical (unpaired) electrons. The summed E-state index contributed by atoms with van der Waals surface area (Å²) in [5.74, 6) is 5.92. The number of fused-ring (bicyclic) bond motifs is 11. The quantitative estimate of drug-likeness (QED) is 0.174. The first-order valence-corrected chi connectivity index (χ1v) is 28.0. The Balaban J connectivity index is 0.912. The van der Waals surface area contributed by atoms with Gasteiger partial charge in [-0.05, 0) is 249 Å². The van der Waals surface area contributed by atoms with Crippen molar-refractivity contribution in [1.29, 1.82) is 0 Å². The minimum absolute atomic E-state index is 0.0958. The van der Waals surface area contributed by atoms with Crippen molar-refractivity contribution < 1.29 is 0 Å². The predicted octanol–water partition coefficient (Wildman–Crippen LogP) is 15.3. The van der Waals surface area contributed by atoms with Crippen molar-refractivity contribution >= 4 is 78.6 Å². The van der Waals surface area contributed by atoms with Crippen LogP contribution < -0.4 is 15.8 Å². The average molecular weight is 909 g/mol. The molecule has 2 heterocycles. The topological polar surface area (TPSA) is 19.0 Å². The Kier molecular flexibility index (Phi) is 6.82. The van der Waals surface area contributed by atoms with Crippen LogP contribution in [0.5, 0.6) is 0 Å². The van der Waals surface area contributed by atoms with E-state index in [9.17, 15) is 0 Å². The van der Waals surface area contributed by atoms with Gasteiger partial charge in [-0.2, -0.15) is 0 Å². The summed E-state index contributed by atoms with van der Waals surface area (Å²) >= 11 is 0. The van der Waals surface area contributed by atoms with Crippen molar-refractivity contribution in [2.24, 2.45) is 46.3 Å². The highest BCUT2D eigenvalue weighted by molar-refractivity contribution is 6.74. The molecule has 7 aromatic carbocycles. The molecule has 8 aromatic rings. The van der Waals surface area contributed by atoms with Crippen LogP contribution in [-0.4, -0.2) is 12.3 Å². The molecule has 1 aliphatic heterocycles. The van der Waals surface area contributed by atoms with Gasteiger partial charge in [0.15, 0.2) is 7.28 Å². The third-order valence-corrected chi connectivity index (χ3v) is 24.2. The highest BCUT2D eigenvalue weighted by Gasteiger charge is 2.78. The van der Waals surface area contributed by atoms with Gasteiger partial charge in [0.1, 0.15) is 0 Å². The van der Waals surface area contributed by atoms with Gasteiger partial charge in [0.05, 0.1) is 5.52 Å². The van der Waals surface area contributed by atoms with E-state index in [1.165, 1.54) is 176 Å². The van der Waals surface area contributed by atoms with Crippen LogP contribution in [0.4, 0.5) is 17.1 Å². The average Bonchev–Trinajstić information content (AvgIpc) is 4.13. The second-order valence-electron chi connectivity index (χ2n) is 27.7. The molecule has 4 bridgehead atoms. The molecule has 0 saturated heterocycles. The summed E-state index contributed by atoms with van der Waals surface area (Å²) in [6, 6.07) is 44.8. The molecule has 346 valence electrons. The van der Waals surface area contributed by atoms with Crippen LogP contribution >= 0.6 is 0 Å². The molecule has 70 heavy (non-hydrogen) atoms. The fourth-order valence-electron chi connectivity index (χ4n) is 20.9. The maximum atomic E-state index is 4.24. The maximum absolute atomic E-state index is 4.24. The van der Waals surface area contributed by atoms with Gasteiger partial charge in [0.25, 0.3) is 0 Å². The molecule has 1 N–H and O–H groups in total. The molecule has 1 aromatic heterocycles. The molecule has 8 saturated carbocycles. The lowest BCUT2D eigenvalue weighted by Crippen LogP contribution is -2.59. The van der Waals surface area contributed by atoms with Crippen molar-refractivity contribution in [2.75, 3.05) is 4.90 Å². The molecule has 18 rings (SSSR count). The molecule has 3 heteroatoms. The second kappa shape index (κ2) is 12.1. The van der Waals surface area contributed by atoms with E-state index < -0.39 is 0 Å². The molecular weight excluding hydrogens is 844 g/mol. The number of aryl methyl sites for hydroxylation is 1. The first-order valence-electron chi connectivity index (χ1n) is 28.0. The summed E-state index contributed by atoms with van der Waals surface area (Å²) in [4.78, 5) is 7.00. The SMILES string of the molecule is Cc1cc2c(cc1N1c3cc4ccccc4cc3Bc3c(-c4cc(C56CC7CC8CC(C5)C87C6)cc5c4[nH]c4ccc(C67CC8CC9CC(C6)C98C7)cc45)cc4ccccc4c31)C(C)(C)CCC2(C)C. The van der Waals surface area contributed by atoms with Gasteiger partial charge in [-0.25, -0.2) is 0 Å². The lowest BCUT2D eigenvalue weighted by Gasteiger charge is -2.66. The zero-order valence-electron chi connectivity index (χ0n) is 42.0. The van der Waals surface area contributed by atoms with Gasteiger partial charge in [0, 0.05) is 44.3 Å². The van der Waals surface area contributed by atoms with Crippen LogP contribution in [0.1, 0.15) is 133 Å². The van der Waals surface area contributed by atoms with E-state index in [4.69, 9.17) is 0 Å². The summed E-state index contributed by atoms with van der Waals surface area (Å²) < 4.78 is 0. The van der Waals surface area contributed by atoms with Crippen molar-refractivity contribution in [2.45, 2.75) is 133 Å². The third kappa shape index (κ3) is 4.41. The number of benzene rings is 7. The van der Waals surface area contributed by atoms with E-state index in [-0.39, 0.29) is 10.8 Å². The van der Waals surface area contributed by atoms with E-state index in [1.807, 2.05) is 0 Å². The van der Waals surface area contributed by atoms with Crippen molar-refractivity contribution in [3.05, 3.63) is 137 Å². The zero-order chi connectivity index (χ0) is 46.2. The number of nitrogens with zero attached hydrogens (tertiary/aromatic N) is 1. The molecule has 2 spiro atoms. The largest absolute Gasteiger partial charge is 0.354 e. The van der Waals surface area contributed by atoms with E-state index in [2.05, 4.69) is 154 Å². The smallest absolute Gasteiger partial charge is 0.198 e. The van der Waals surface area contributed by atoms with Gasteiger partial charge in [-0.3, -0.25) is 0 Å². The van der Waals surface area contributed by atoms with E-state index >= 15 is 0 Å². The van der Waals surface area contributed by atoms with Crippen molar-refractivity contribution in [3.8, 4) is 11.1 Å². The number of aromatic nitrogens is 1. The van der Waals surface area contributed by atoms with Crippen LogP contribution in [0.15, 0.2) is 109 Å². The van der Waals surface area contributed by atoms with Gasteiger partial charge < -0.3 is 9.88 Å². The van der Waals surface area contributed by atoms with Crippen LogP contribution in [0, 0.1) is 53.3 Å². The first-order chi connectivity index (χ1) is 33.8. The number of H-pyrrole nitrogens is 1. The van der Waals surface area contributed by atoms with Gasteiger partial charge in [-0.1, -0.05) is 99.9 Å². The van der Waals surface area contributed by atoms with Crippen LogP contribution in [0.25, 0.3) is 54.5 Å². The number of hydrogen-bond acceptors (Lipinski definition) is 1. The Morgan fingerprint density at radius 1 is 0.529 bits per heavy atom. The highest BCUT2D eigenvalue weighted by atomic mass is 15.2. The third-order valence-electron chi connectivity index (χ3n) is 24.2. The Bertz CT molecular complexity index is 3730. The fourth-order valence-corrected chi connectivity index (χ4v) is 20.9. The minimum Gasteiger partial charge on any atom is -0.354 e. The number of nitrogens with one attached hydrogen (secondary N) is 1. The van der Waals surface area contributed by atoms with Crippen molar-refractivity contribution in [3.63, 3.8) is 0 Å². The Hall–Kier alpha value is -5.28. The number of anilines is 3. The second-order valence-corrected chi connectivity index (χ2v) is 27.7. The molecule has 4 unspecified atom stereocenters. The predicted molar refractivity (Wildman–Crippen MR) is 293 cm³/mol. The molecule has 9 aliphatic carbocycles. The van der Waals surface area contributed by atoms with E-state index in [1.54, 1.807) is 11.1 Å². The Morgan fingerprint density at radius 2 is 1.13 bits per heavy atom.